The molecule has 0 spiro atoms. The van der Waals surface area contributed by atoms with E-state index in [1.54, 1.807) is 0 Å². The van der Waals surface area contributed by atoms with Crippen LogP contribution in [0.15, 0.2) is 12.1 Å². The van der Waals surface area contributed by atoms with Gasteiger partial charge in [-0.3, -0.25) is 9.59 Å². The minimum Gasteiger partial charge on any atom is -0.496 e. The van der Waals surface area contributed by atoms with Crippen LogP contribution in [-0.2, 0) is 9.53 Å². The molecule has 0 heterocycles. The molecule has 1 aromatic rings. The molecular formula is C15H21ClN2O4. The third-order valence-electron chi connectivity index (χ3n) is 2.80. The lowest BCUT2D eigenvalue weighted by Gasteiger charge is -2.13. The van der Waals surface area contributed by atoms with Gasteiger partial charge in [-0.1, -0.05) is 11.6 Å². The summed E-state index contributed by atoms with van der Waals surface area (Å²) in [5.74, 6) is -0.197. The van der Waals surface area contributed by atoms with Gasteiger partial charge in [0.15, 0.2) is 0 Å². The van der Waals surface area contributed by atoms with Crippen LogP contribution in [0.2, 0.25) is 5.02 Å². The zero-order valence-electron chi connectivity index (χ0n) is 13.0. The number of halogens is 1. The summed E-state index contributed by atoms with van der Waals surface area (Å²) < 4.78 is 10.4. The van der Waals surface area contributed by atoms with Gasteiger partial charge in [-0.15, -0.1) is 0 Å². The van der Waals surface area contributed by atoms with Gasteiger partial charge in [0.1, 0.15) is 5.75 Å². The average Bonchev–Trinajstić information content (AvgIpc) is 2.48. The lowest BCUT2D eigenvalue weighted by molar-refractivity contribution is -0.114. The fourth-order valence-corrected chi connectivity index (χ4v) is 2.01. The van der Waals surface area contributed by atoms with Crippen molar-refractivity contribution in [3.8, 4) is 5.75 Å². The van der Waals surface area contributed by atoms with Crippen LogP contribution in [-0.4, -0.2) is 38.7 Å². The number of amides is 2. The maximum absolute atomic E-state index is 12.2. The van der Waals surface area contributed by atoms with E-state index in [0.717, 1.165) is 6.42 Å². The number of anilines is 1. The maximum atomic E-state index is 12.2. The molecule has 1 aromatic carbocycles. The number of hydrogen-bond donors (Lipinski definition) is 2. The molecule has 0 fully saturated rings. The first-order valence-electron chi connectivity index (χ1n) is 7.00. The van der Waals surface area contributed by atoms with Crippen molar-refractivity contribution in [1.29, 1.82) is 0 Å². The van der Waals surface area contributed by atoms with Crippen molar-refractivity contribution in [2.24, 2.45) is 0 Å². The number of rotatable bonds is 8. The highest BCUT2D eigenvalue weighted by Gasteiger charge is 2.16. The summed E-state index contributed by atoms with van der Waals surface area (Å²) in [4.78, 5) is 23.3. The molecule has 0 bridgehead atoms. The molecule has 0 aliphatic rings. The van der Waals surface area contributed by atoms with E-state index >= 15 is 0 Å². The highest BCUT2D eigenvalue weighted by atomic mass is 35.5. The van der Waals surface area contributed by atoms with Crippen LogP contribution in [0.25, 0.3) is 0 Å². The van der Waals surface area contributed by atoms with Gasteiger partial charge in [0, 0.05) is 32.7 Å². The zero-order valence-corrected chi connectivity index (χ0v) is 13.8. The first-order chi connectivity index (χ1) is 10.5. The summed E-state index contributed by atoms with van der Waals surface area (Å²) in [6.45, 7) is 5.04. The number of benzene rings is 1. The molecule has 2 N–H and O–H groups in total. The van der Waals surface area contributed by atoms with Gasteiger partial charge < -0.3 is 20.1 Å². The Labute approximate surface area is 135 Å². The monoisotopic (exact) mass is 328 g/mol. The first-order valence-corrected chi connectivity index (χ1v) is 7.38. The molecule has 0 saturated carbocycles. The van der Waals surface area contributed by atoms with E-state index in [1.165, 1.54) is 26.2 Å². The van der Waals surface area contributed by atoms with Crippen LogP contribution in [0, 0.1) is 0 Å². The molecule has 122 valence electrons. The van der Waals surface area contributed by atoms with Gasteiger partial charge >= 0.3 is 0 Å². The molecule has 0 unspecified atom stereocenters. The molecule has 0 aromatic heterocycles. The molecule has 7 heteroatoms. The Balaban J connectivity index is 2.78. The third kappa shape index (κ3) is 5.54. The topological polar surface area (TPSA) is 76.7 Å². The van der Waals surface area contributed by atoms with Crippen LogP contribution in [0.5, 0.6) is 5.75 Å². The van der Waals surface area contributed by atoms with Crippen LogP contribution in [0.1, 0.15) is 30.6 Å². The molecule has 0 aliphatic carbocycles. The fourth-order valence-electron chi connectivity index (χ4n) is 1.80. The van der Waals surface area contributed by atoms with Gasteiger partial charge in [0.25, 0.3) is 5.91 Å². The fraction of sp³-hybridized carbons (Fsp3) is 0.467. The highest BCUT2D eigenvalue weighted by Crippen LogP contribution is 2.31. The van der Waals surface area contributed by atoms with E-state index < -0.39 is 0 Å². The predicted octanol–water partition coefficient (Wildman–Crippen LogP) is 2.46. The summed E-state index contributed by atoms with van der Waals surface area (Å²) in [6.07, 6.45) is 0.722. The largest absolute Gasteiger partial charge is 0.496 e. The van der Waals surface area contributed by atoms with E-state index in [0.29, 0.717) is 36.8 Å². The Morgan fingerprint density at radius 1 is 1.32 bits per heavy atom. The van der Waals surface area contributed by atoms with Crippen molar-refractivity contribution >= 4 is 29.1 Å². The Hall–Kier alpha value is -1.79. The zero-order chi connectivity index (χ0) is 16.5. The first kappa shape index (κ1) is 18.3. The van der Waals surface area contributed by atoms with Crippen LogP contribution >= 0.6 is 11.6 Å². The normalized spacial score (nSPS) is 10.2. The molecule has 2 amide bonds. The standard InChI is InChI=1S/C15H21ClN2O4/c1-4-22-7-5-6-17-15(20)11-8-12(16)13(18-10(2)19)9-14(11)21-3/h8-9H,4-7H2,1-3H3,(H,17,20)(H,18,19). The Morgan fingerprint density at radius 2 is 2.05 bits per heavy atom. The van der Waals surface area contributed by atoms with Crippen molar-refractivity contribution in [2.75, 3.05) is 32.2 Å². The average molecular weight is 329 g/mol. The van der Waals surface area contributed by atoms with E-state index in [1.807, 2.05) is 6.92 Å². The summed E-state index contributed by atoms with van der Waals surface area (Å²) >= 11 is 6.08. The number of hydrogen-bond acceptors (Lipinski definition) is 4. The molecule has 1 rings (SSSR count). The van der Waals surface area contributed by atoms with Gasteiger partial charge in [0.05, 0.1) is 23.4 Å². The number of carbonyl (C=O) groups is 2. The summed E-state index contributed by atoms with van der Waals surface area (Å²) in [7, 11) is 1.45. The van der Waals surface area contributed by atoms with E-state index in [9.17, 15) is 9.59 Å². The molecule has 22 heavy (non-hydrogen) atoms. The number of carbonyl (C=O) groups excluding carboxylic acids is 2. The Bertz CT molecular complexity index is 535. The van der Waals surface area contributed by atoms with Crippen molar-refractivity contribution in [2.45, 2.75) is 20.3 Å². The third-order valence-corrected chi connectivity index (χ3v) is 3.11. The second kappa shape index (κ2) is 9.27. The second-order valence-corrected chi connectivity index (χ2v) is 4.93. The van der Waals surface area contributed by atoms with Crippen molar-refractivity contribution in [3.63, 3.8) is 0 Å². The number of nitrogens with one attached hydrogen (secondary N) is 2. The van der Waals surface area contributed by atoms with Gasteiger partial charge in [0.2, 0.25) is 5.91 Å². The number of methoxy groups -OCH3 is 1. The Morgan fingerprint density at radius 3 is 2.64 bits per heavy atom. The Kier molecular flexibility index (Phi) is 7.70. The van der Waals surface area contributed by atoms with Gasteiger partial charge in [-0.05, 0) is 19.4 Å². The summed E-state index contributed by atoms with van der Waals surface area (Å²) in [6, 6.07) is 3.00. The molecule has 0 saturated heterocycles. The van der Waals surface area contributed by atoms with Crippen LogP contribution in [0.4, 0.5) is 5.69 Å². The summed E-state index contributed by atoms with van der Waals surface area (Å²) in [5.41, 5.74) is 0.719. The minimum atomic E-state index is -0.287. The summed E-state index contributed by atoms with van der Waals surface area (Å²) in [5, 5.41) is 5.63. The lowest BCUT2D eigenvalue weighted by Crippen LogP contribution is -2.26. The van der Waals surface area contributed by atoms with Crippen molar-refractivity contribution < 1.29 is 19.1 Å². The molecule has 0 radical (unpaired) electrons. The van der Waals surface area contributed by atoms with Gasteiger partial charge in [-0.25, -0.2) is 0 Å². The van der Waals surface area contributed by atoms with Crippen molar-refractivity contribution in [1.82, 2.24) is 5.32 Å². The van der Waals surface area contributed by atoms with Crippen LogP contribution < -0.4 is 15.4 Å². The lowest BCUT2D eigenvalue weighted by atomic mass is 10.1. The minimum absolute atomic E-state index is 0.253. The van der Waals surface area contributed by atoms with E-state index in [2.05, 4.69) is 10.6 Å². The second-order valence-electron chi connectivity index (χ2n) is 4.52. The molecule has 0 atom stereocenters. The SMILES string of the molecule is CCOCCCNC(=O)c1cc(Cl)c(NC(C)=O)cc1OC. The molecule has 0 aliphatic heterocycles. The number of ether oxygens (including phenoxy) is 2. The van der Waals surface area contributed by atoms with Crippen LogP contribution in [0.3, 0.4) is 0 Å². The molecule has 6 nitrogen and oxygen atoms in total. The highest BCUT2D eigenvalue weighted by molar-refractivity contribution is 6.34. The quantitative estimate of drug-likeness (QED) is 0.719. The van der Waals surface area contributed by atoms with Crippen molar-refractivity contribution in [3.05, 3.63) is 22.7 Å². The maximum Gasteiger partial charge on any atom is 0.255 e. The van der Waals surface area contributed by atoms with E-state index in [-0.39, 0.29) is 16.8 Å². The smallest absolute Gasteiger partial charge is 0.255 e. The van der Waals surface area contributed by atoms with E-state index in [4.69, 9.17) is 21.1 Å². The van der Waals surface area contributed by atoms with Gasteiger partial charge in [-0.2, -0.15) is 0 Å². The molecular weight excluding hydrogens is 308 g/mol. The predicted molar refractivity (Wildman–Crippen MR) is 85.8 cm³/mol.